The van der Waals surface area contributed by atoms with Crippen LogP contribution in [0.4, 0.5) is 13.2 Å². The number of ether oxygens (including phenoxy) is 2. The van der Waals surface area contributed by atoms with Crippen molar-refractivity contribution in [1.29, 1.82) is 0 Å². The first-order valence-corrected chi connectivity index (χ1v) is 14.0. The second kappa shape index (κ2) is 12.1. The van der Waals surface area contributed by atoms with E-state index in [9.17, 15) is 18.7 Å². The Kier molecular flexibility index (Phi) is 8.05. The van der Waals surface area contributed by atoms with Crippen LogP contribution in [0.3, 0.4) is 0 Å². The van der Waals surface area contributed by atoms with Crippen molar-refractivity contribution in [2.75, 3.05) is 6.61 Å². The Bertz CT molecular complexity index is 1840. The maximum absolute atomic E-state index is 15.5. The van der Waals surface area contributed by atoms with E-state index in [4.69, 9.17) is 26.1 Å². The van der Waals surface area contributed by atoms with Gasteiger partial charge in [0.1, 0.15) is 24.1 Å². The number of aromatic carboxylic acids is 1. The first-order valence-electron chi connectivity index (χ1n) is 13.6. The lowest BCUT2D eigenvalue weighted by molar-refractivity contribution is 0.0697. The standard InChI is InChI=1S/C32H25ClF3N3O4/c33-22-7-5-21(26(36)15-22)17-43-31-24(34)8-10-27(38-31)19-4-3-18(25(35)12-19)14-30-37-28-9-6-20(32(40)41)13-29(28)39(30)16-23-2-1-11-42-23/h3-10,12-13,15,23H,1-2,11,14,16-17H2,(H,40,41). The molecule has 0 radical (unpaired) electrons. The van der Waals surface area contributed by atoms with Gasteiger partial charge in [-0.25, -0.2) is 27.9 Å². The monoisotopic (exact) mass is 607 g/mol. The number of benzene rings is 3. The third-order valence-electron chi connectivity index (χ3n) is 7.38. The fraction of sp³-hybridized carbons (Fsp3) is 0.219. The van der Waals surface area contributed by atoms with Crippen molar-refractivity contribution >= 4 is 28.6 Å². The van der Waals surface area contributed by atoms with Gasteiger partial charge in [-0.3, -0.25) is 0 Å². The molecule has 1 saturated heterocycles. The molecule has 1 aliphatic rings. The number of carbonyl (C=O) groups is 1. The lowest BCUT2D eigenvalue weighted by atomic mass is 10.1. The number of aromatic nitrogens is 3. The van der Waals surface area contributed by atoms with Crippen molar-refractivity contribution in [3.63, 3.8) is 0 Å². The molecule has 0 amide bonds. The predicted molar refractivity (Wildman–Crippen MR) is 154 cm³/mol. The van der Waals surface area contributed by atoms with Crippen LogP contribution in [0.2, 0.25) is 5.02 Å². The number of carboxylic acids is 1. The summed E-state index contributed by atoms with van der Waals surface area (Å²) in [6.07, 6.45) is 1.90. The summed E-state index contributed by atoms with van der Waals surface area (Å²) >= 11 is 5.78. The number of hydrogen-bond acceptors (Lipinski definition) is 5. The lowest BCUT2D eigenvalue weighted by Crippen LogP contribution is -2.17. The predicted octanol–water partition coefficient (Wildman–Crippen LogP) is 7.22. The van der Waals surface area contributed by atoms with Gasteiger partial charge in [-0.05, 0) is 66.9 Å². The quantitative estimate of drug-likeness (QED) is 0.190. The molecule has 43 heavy (non-hydrogen) atoms. The highest BCUT2D eigenvalue weighted by molar-refractivity contribution is 6.30. The van der Waals surface area contributed by atoms with E-state index >= 15 is 4.39 Å². The Morgan fingerprint density at radius 1 is 0.977 bits per heavy atom. The summed E-state index contributed by atoms with van der Waals surface area (Å²) in [6, 6.07) is 15.9. The van der Waals surface area contributed by atoms with Gasteiger partial charge >= 0.3 is 5.97 Å². The molecule has 11 heteroatoms. The van der Waals surface area contributed by atoms with Crippen LogP contribution in [-0.4, -0.2) is 38.3 Å². The second-order valence-electron chi connectivity index (χ2n) is 10.3. The SMILES string of the molecule is O=C(O)c1ccc2nc(Cc3ccc(-c4ccc(F)c(OCc5ccc(Cl)cc5F)n4)cc3F)n(CC3CCCO3)c2c1. The van der Waals surface area contributed by atoms with E-state index in [1.807, 2.05) is 4.57 Å². The van der Waals surface area contributed by atoms with Crippen LogP contribution in [-0.2, 0) is 24.3 Å². The van der Waals surface area contributed by atoms with Gasteiger partial charge in [0.2, 0.25) is 0 Å². The van der Waals surface area contributed by atoms with Crippen LogP contribution in [0, 0.1) is 17.5 Å². The zero-order valence-electron chi connectivity index (χ0n) is 22.7. The highest BCUT2D eigenvalue weighted by Gasteiger charge is 2.22. The molecule has 1 N–H and O–H groups in total. The van der Waals surface area contributed by atoms with E-state index in [2.05, 4.69) is 4.98 Å². The molecule has 0 bridgehead atoms. The fourth-order valence-electron chi connectivity index (χ4n) is 5.13. The Morgan fingerprint density at radius 2 is 1.79 bits per heavy atom. The number of halogens is 4. The number of imidazole rings is 1. The summed E-state index contributed by atoms with van der Waals surface area (Å²) in [5.74, 6) is -2.67. The van der Waals surface area contributed by atoms with Gasteiger partial charge < -0.3 is 19.1 Å². The summed E-state index contributed by atoms with van der Waals surface area (Å²) < 4.78 is 57.2. The number of pyridine rings is 1. The third kappa shape index (κ3) is 6.21. The number of hydrogen-bond donors (Lipinski definition) is 1. The summed E-state index contributed by atoms with van der Waals surface area (Å²) in [5.41, 5.74) is 2.59. The molecule has 0 saturated carbocycles. The summed E-state index contributed by atoms with van der Waals surface area (Å²) in [4.78, 5) is 20.5. The van der Waals surface area contributed by atoms with Crippen molar-refractivity contribution in [3.8, 4) is 17.1 Å². The maximum Gasteiger partial charge on any atom is 0.335 e. The van der Waals surface area contributed by atoms with E-state index in [-0.39, 0.29) is 46.9 Å². The molecule has 1 atom stereocenters. The van der Waals surface area contributed by atoms with Gasteiger partial charge in [0.25, 0.3) is 5.88 Å². The average Bonchev–Trinajstić information content (AvgIpc) is 3.62. The van der Waals surface area contributed by atoms with Crippen LogP contribution < -0.4 is 4.74 Å². The van der Waals surface area contributed by atoms with Crippen molar-refractivity contribution in [2.45, 2.75) is 38.5 Å². The number of rotatable bonds is 9. The van der Waals surface area contributed by atoms with E-state index in [1.165, 1.54) is 30.3 Å². The van der Waals surface area contributed by atoms with Gasteiger partial charge in [-0.15, -0.1) is 0 Å². The molecule has 7 nitrogen and oxygen atoms in total. The minimum absolute atomic E-state index is 0.0472. The number of carboxylic acid groups (broad SMARTS) is 1. The highest BCUT2D eigenvalue weighted by Crippen LogP contribution is 2.28. The van der Waals surface area contributed by atoms with E-state index in [0.29, 0.717) is 41.1 Å². The molecule has 5 aromatic rings. The lowest BCUT2D eigenvalue weighted by Gasteiger charge is -2.15. The first-order chi connectivity index (χ1) is 20.7. The third-order valence-corrected chi connectivity index (χ3v) is 7.61. The normalized spacial score (nSPS) is 14.8. The minimum Gasteiger partial charge on any atom is -0.478 e. The van der Waals surface area contributed by atoms with E-state index in [1.54, 1.807) is 24.3 Å². The second-order valence-corrected chi connectivity index (χ2v) is 10.7. The molecule has 220 valence electrons. The Morgan fingerprint density at radius 3 is 2.53 bits per heavy atom. The van der Waals surface area contributed by atoms with Gasteiger partial charge in [0.05, 0.1) is 34.9 Å². The van der Waals surface area contributed by atoms with Crippen molar-refractivity contribution in [2.24, 2.45) is 0 Å². The topological polar surface area (TPSA) is 86.5 Å². The number of nitrogens with zero attached hydrogens (tertiary/aromatic N) is 3. The fourth-order valence-corrected chi connectivity index (χ4v) is 5.29. The van der Waals surface area contributed by atoms with Crippen LogP contribution >= 0.6 is 11.6 Å². The van der Waals surface area contributed by atoms with Gasteiger partial charge in [-0.2, -0.15) is 0 Å². The molecule has 1 unspecified atom stereocenters. The molecular formula is C32H25ClF3N3O4. The van der Waals surface area contributed by atoms with E-state index < -0.39 is 23.4 Å². The smallest absolute Gasteiger partial charge is 0.335 e. The number of fused-ring (bicyclic) bond motifs is 1. The van der Waals surface area contributed by atoms with Gasteiger partial charge in [0.15, 0.2) is 5.82 Å². The molecule has 0 aliphatic carbocycles. The molecule has 2 aromatic heterocycles. The van der Waals surface area contributed by atoms with Crippen molar-refractivity contribution in [3.05, 3.63) is 112 Å². The molecule has 3 heterocycles. The Balaban J connectivity index is 1.26. The van der Waals surface area contributed by atoms with Crippen LogP contribution in [0.5, 0.6) is 5.88 Å². The minimum atomic E-state index is -1.05. The summed E-state index contributed by atoms with van der Waals surface area (Å²) in [7, 11) is 0. The van der Waals surface area contributed by atoms with Crippen LogP contribution in [0.25, 0.3) is 22.3 Å². The van der Waals surface area contributed by atoms with Crippen molar-refractivity contribution < 1.29 is 32.5 Å². The summed E-state index contributed by atoms with van der Waals surface area (Å²) in [5, 5.41) is 9.72. The molecule has 6 rings (SSSR count). The van der Waals surface area contributed by atoms with E-state index in [0.717, 1.165) is 25.0 Å². The van der Waals surface area contributed by atoms with Crippen LogP contribution in [0.1, 0.15) is 40.2 Å². The van der Waals surface area contributed by atoms with Gasteiger partial charge in [0, 0.05) is 29.2 Å². The largest absolute Gasteiger partial charge is 0.478 e. The highest BCUT2D eigenvalue weighted by atomic mass is 35.5. The zero-order chi connectivity index (χ0) is 30.1. The van der Waals surface area contributed by atoms with Gasteiger partial charge in [-0.1, -0.05) is 29.8 Å². The molecule has 1 aliphatic heterocycles. The molecule has 3 aromatic carbocycles. The van der Waals surface area contributed by atoms with Crippen molar-refractivity contribution in [1.82, 2.24) is 14.5 Å². The Hall–Kier alpha value is -4.41. The molecule has 1 fully saturated rings. The average molecular weight is 608 g/mol. The molecular weight excluding hydrogens is 583 g/mol. The van der Waals surface area contributed by atoms with Crippen LogP contribution in [0.15, 0.2) is 66.7 Å². The molecule has 0 spiro atoms. The Labute approximate surface area is 249 Å². The summed E-state index contributed by atoms with van der Waals surface area (Å²) in [6.45, 7) is 0.854. The maximum atomic E-state index is 15.5. The zero-order valence-corrected chi connectivity index (χ0v) is 23.5. The first kappa shape index (κ1) is 28.7.